The summed E-state index contributed by atoms with van der Waals surface area (Å²) in [5, 5.41) is 5.72. The molecule has 0 saturated carbocycles. The van der Waals surface area contributed by atoms with Gasteiger partial charge in [0.2, 0.25) is 11.8 Å². The molecule has 0 saturated heterocycles. The van der Waals surface area contributed by atoms with Gasteiger partial charge >= 0.3 is 0 Å². The number of carbonyl (C=O) groups is 2. The predicted molar refractivity (Wildman–Crippen MR) is 63.5 cm³/mol. The van der Waals surface area contributed by atoms with Crippen LogP contribution in [0.5, 0.6) is 0 Å². The maximum Gasteiger partial charge on any atom is 0.243 e. The summed E-state index contributed by atoms with van der Waals surface area (Å²) in [4.78, 5) is 22.0. The SMILES string of the molecule is CC(=O)NCC(=O)Nc1ccc(Cl)cc1C. The average Bonchev–Trinajstić information content (AvgIpc) is 2.19. The Morgan fingerprint density at radius 3 is 2.62 bits per heavy atom. The first-order valence-electron chi connectivity index (χ1n) is 4.79. The topological polar surface area (TPSA) is 58.2 Å². The third kappa shape index (κ3) is 3.90. The first-order valence-corrected chi connectivity index (χ1v) is 5.17. The summed E-state index contributed by atoms with van der Waals surface area (Å²) in [7, 11) is 0. The van der Waals surface area contributed by atoms with E-state index in [0.717, 1.165) is 5.56 Å². The maximum atomic E-state index is 11.4. The molecule has 0 radical (unpaired) electrons. The molecule has 1 aromatic rings. The smallest absolute Gasteiger partial charge is 0.243 e. The van der Waals surface area contributed by atoms with Crippen LogP contribution in [0.1, 0.15) is 12.5 Å². The maximum absolute atomic E-state index is 11.4. The zero-order valence-electron chi connectivity index (χ0n) is 9.13. The number of hydrogen-bond acceptors (Lipinski definition) is 2. The molecule has 2 N–H and O–H groups in total. The minimum absolute atomic E-state index is 0.0304. The van der Waals surface area contributed by atoms with Gasteiger partial charge in [0.15, 0.2) is 0 Å². The Bertz CT molecular complexity index is 418. The first-order chi connectivity index (χ1) is 7.49. The van der Waals surface area contributed by atoms with Gasteiger partial charge in [0.05, 0.1) is 6.54 Å². The number of aryl methyl sites for hydroxylation is 1. The molecule has 0 aliphatic carbocycles. The van der Waals surface area contributed by atoms with Gasteiger partial charge in [-0.1, -0.05) is 11.6 Å². The highest BCUT2D eigenvalue weighted by Gasteiger charge is 2.05. The monoisotopic (exact) mass is 240 g/mol. The van der Waals surface area contributed by atoms with E-state index in [1.54, 1.807) is 18.2 Å². The lowest BCUT2D eigenvalue weighted by Crippen LogP contribution is -2.31. The van der Waals surface area contributed by atoms with E-state index in [4.69, 9.17) is 11.6 Å². The zero-order valence-corrected chi connectivity index (χ0v) is 9.89. The number of nitrogens with one attached hydrogen (secondary N) is 2. The number of hydrogen-bond donors (Lipinski definition) is 2. The van der Waals surface area contributed by atoms with Gasteiger partial charge in [0, 0.05) is 17.6 Å². The molecule has 0 fully saturated rings. The predicted octanol–water partition coefficient (Wildman–Crippen LogP) is 1.72. The molecule has 86 valence electrons. The van der Waals surface area contributed by atoms with Crippen LogP contribution in [0.25, 0.3) is 0 Å². The number of carbonyl (C=O) groups excluding carboxylic acids is 2. The number of anilines is 1. The van der Waals surface area contributed by atoms with Gasteiger partial charge in [-0.2, -0.15) is 0 Å². The van der Waals surface area contributed by atoms with Crippen molar-refractivity contribution < 1.29 is 9.59 Å². The molecule has 0 bridgehead atoms. The van der Waals surface area contributed by atoms with Crippen LogP contribution in [0.2, 0.25) is 5.02 Å². The van der Waals surface area contributed by atoms with Crippen LogP contribution in [0.4, 0.5) is 5.69 Å². The summed E-state index contributed by atoms with van der Waals surface area (Å²) in [5.41, 5.74) is 1.57. The van der Waals surface area contributed by atoms with E-state index < -0.39 is 0 Å². The van der Waals surface area contributed by atoms with Crippen LogP contribution in [-0.2, 0) is 9.59 Å². The van der Waals surface area contributed by atoms with Gasteiger partial charge in [-0.3, -0.25) is 9.59 Å². The molecule has 1 aromatic carbocycles. The number of halogens is 1. The summed E-state index contributed by atoms with van der Waals surface area (Å²) < 4.78 is 0. The second-order valence-corrected chi connectivity index (χ2v) is 3.85. The highest BCUT2D eigenvalue weighted by molar-refractivity contribution is 6.30. The van der Waals surface area contributed by atoms with Gasteiger partial charge in [0.25, 0.3) is 0 Å². The Morgan fingerprint density at radius 1 is 1.38 bits per heavy atom. The first kappa shape index (κ1) is 12.5. The van der Waals surface area contributed by atoms with Crippen molar-refractivity contribution in [1.29, 1.82) is 0 Å². The van der Waals surface area contributed by atoms with Crippen LogP contribution < -0.4 is 10.6 Å². The lowest BCUT2D eigenvalue weighted by atomic mass is 10.2. The minimum Gasteiger partial charge on any atom is -0.347 e. The normalized spacial score (nSPS) is 9.69. The minimum atomic E-state index is -0.263. The van der Waals surface area contributed by atoms with Crippen LogP contribution in [-0.4, -0.2) is 18.4 Å². The van der Waals surface area contributed by atoms with Crippen molar-refractivity contribution in [3.05, 3.63) is 28.8 Å². The molecular formula is C11H13ClN2O2. The molecule has 0 aromatic heterocycles. The lowest BCUT2D eigenvalue weighted by Gasteiger charge is -2.08. The van der Waals surface area contributed by atoms with Gasteiger partial charge in [-0.25, -0.2) is 0 Å². The molecule has 0 spiro atoms. The molecule has 4 nitrogen and oxygen atoms in total. The Labute approximate surface area is 99.0 Å². The fraction of sp³-hybridized carbons (Fsp3) is 0.273. The fourth-order valence-corrected chi connectivity index (χ4v) is 1.39. The standard InChI is InChI=1S/C11H13ClN2O2/c1-7-5-9(12)3-4-10(7)14-11(16)6-13-8(2)15/h3-5H,6H2,1-2H3,(H,13,15)(H,14,16). The molecule has 5 heteroatoms. The fourth-order valence-electron chi connectivity index (χ4n) is 1.17. The van der Waals surface area contributed by atoms with Crippen molar-refractivity contribution in [1.82, 2.24) is 5.32 Å². The molecule has 2 amide bonds. The van der Waals surface area contributed by atoms with E-state index in [0.29, 0.717) is 10.7 Å². The van der Waals surface area contributed by atoms with E-state index in [-0.39, 0.29) is 18.4 Å². The molecular weight excluding hydrogens is 228 g/mol. The van der Waals surface area contributed by atoms with Gasteiger partial charge in [0.1, 0.15) is 0 Å². The Kier molecular flexibility index (Phi) is 4.31. The largest absolute Gasteiger partial charge is 0.347 e. The zero-order chi connectivity index (χ0) is 12.1. The van der Waals surface area contributed by atoms with Crippen molar-refractivity contribution in [2.75, 3.05) is 11.9 Å². The van der Waals surface area contributed by atoms with E-state index in [9.17, 15) is 9.59 Å². The third-order valence-electron chi connectivity index (χ3n) is 1.96. The lowest BCUT2D eigenvalue weighted by molar-refractivity contribution is -0.122. The summed E-state index contributed by atoms with van der Waals surface area (Å²) >= 11 is 5.79. The van der Waals surface area contributed by atoms with Gasteiger partial charge in [-0.15, -0.1) is 0 Å². The number of amides is 2. The molecule has 0 unspecified atom stereocenters. The second-order valence-electron chi connectivity index (χ2n) is 3.42. The summed E-state index contributed by atoms with van der Waals surface area (Å²) in [6.07, 6.45) is 0. The van der Waals surface area contributed by atoms with Crippen LogP contribution >= 0.6 is 11.6 Å². The quantitative estimate of drug-likeness (QED) is 0.845. The molecule has 0 atom stereocenters. The highest BCUT2D eigenvalue weighted by atomic mass is 35.5. The van der Waals surface area contributed by atoms with Crippen molar-refractivity contribution >= 4 is 29.1 Å². The molecule has 16 heavy (non-hydrogen) atoms. The van der Waals surface area contributed by atoms with Crippen molar-refractivity contribution in [2.45, 2.75) is 13.8 Å². The van der Waals surface area contributed by atoms with E-state index in [1.807, 2.05) is 6.92 Å². The van der Waals surface area contributed by atoms with Gasteiger partial charge < -0.3 is 10.6 Å². The molecule has 1 rings (SSSR count). The Balaban J connectivity index is 2.59. The molecule has 0 aliphatic rings. The van der Waals surface area contributed by atoms with Gasteiger partial charge in [-0.05, 0) is 30.7 Å². The van der Waals surface area contributed by atoms with E-state index >= 15 is 0 Å². The van der Waals surface area contributed by atoms with Crippen LogP contribution in [0.15, 0.2) is 18.2 Å². The van der Waals surface area contributed by atoms with E-state index in [1.165, 1.54) is 6.92 Å². The second kappa shape index (κ2) is 5.51. The van der Waals surface area contributed by atoms with E-state index in [2.05, 4.69) is 10.6 Å². The Hall–Kier alpha value is -1.55. The van der Waals surface area contributed by atoms with Crippen molar-refractivity contribution in [3.8, 4) is 0 Å². The Morgan fingerprint density at radius 2 is 2.06 bits per heavy atom. The summed E-state index contributed by atoms with van der Waals surface area (Å²) in [5.74, 6) is -0.497. The average molecular weight is 241 g/mol. The van der Waals surface area contributed by atoms with Crippen molar-refractivity contribution in [2.24, 2.45) is 0 Å². The third-order valence-corrected chi connectivity index (χ3v) is 2.20. The highest BCUT2D eigenvalue weighted by Crippen LogP contribution is 2.19. The molecule has 0 heterocycles. The number of rotatable bonds is 3. The number of benzene rings is 1. The summed E-state index contributed by atoms with van der Waals surface area (Å²) in [6.45, 7) is 3.18. The van der Waals surface area contributed by atoms with Crippen LogP contribution in [0, 0.1) is 6.92 Å². The molecule has 0 aliphatic heterocycles. The van der Waals surface area contributed by atoms with Crippen molar-refractivity contribution in [3.63, 3.8) is 0 Å². The summed E-state index contributed by atoms with van der Waals surface area (Å²) in [6, 6.07) is 5.18. The van der Waals surface area contributed by atoms with Crippen LogP contribution in [0.3, 0.4) is 0 Å².